The standard InChI is InChI=1S/C22H21N3O3/c1-24-12-16(11-23-24)19-14-25(13-15-5-2-3-6-17(15)19)22(26)18-7-4-8-20-21(18)28-10-9-27-20/h2-8,11-12,19H,9-10,13-14H2,1H3/t19-/m0/s1. The van der Waals surface area contributed by atoms with Crippen LogP contribution >= 0.6 is 0 Å². The molecule has 0 saturated carbocycles. The second kappa shape index (κ2) is 6.71. The Balaban J connectivity index is 1.52. The molecule has 0 spiro atoms. The maximum Gasteiger partial charge on any atom is 0.258 e. The van der Waals surface area contributed by atoms with Crippen molar-refractivity contribution in [2.75, 3.05) is 19.8 Å². The zero-order valence-corrected chi connectivity index (χ0v) is 15.7. The maximum absolute atomic E-state index is 13.4. The molecule has 2 aliphatic heterocycles. The summed E-state index contributed by atoms with van der Waals surface area (Å²) in [4.78, 5) is 15.3. The number of ether oxygens (including phenoxy) is 2. The Kier molecular flexibility index (Phi) is 4.04. The molecule has 0 aliphatic carbocycles. The van der Waals surface area contributed by atoms with Crippen molar-refractivity contribution in [2.45, 2.75) is 12.5 Å². The number of carbonyl (C=O) groups is 1. The van der Waals surface area contributed by atoms with Gasteiger partial charge in [-0.05, 0) is 28.8 Å². The van der Waals surface area contributed by atoms with Gasteiger partial charge in [0.15, 0.2) is 11.5 Å². The maximum atomic E-state index is 13.4. The van der Waals surface area contributed by atoms with Crippen LogP contribution in [0.15, 0.2) is 54.9 Å². The number of hydrogen-bond acceptors (Lipinski definition) is 4. The van der Waals surface area contributed by atoms with Crippen LogP contribution in [0.5, 0.6) is 11.5 Å². The summed E-state index contributed by atoms with van der Waals surface area (Å²) in [7, 11) is 1.91. The highest BCUT2D eigenvalue weighted by molar-refractivity contribution is 5.98. The largest absolute Gasteiger partial charge is 0.486 e. The number of benzene rings is 2. The first-order chi connectivity index (χ1) is 13.7. The molecule has 2 aromatic carbocycles. The molecule has 1 atom stereocenters. The molecule has 1 aromatic heterocycles. The SMILES string of the molecule is Cn1cc([C@@H]2CN(C(=O)c3cccc4c3OCCO4)Cc3ccccc32)cn1. The molecule has 0 bridgehead atoms. The minimum atomic E-state index is -0.0363. The Bertz CT molecular complexity index is 1040. The van der Waals surface area contributed by atoms with E-state index in [-0.39, 0.29) is 11.8 Å². The lowest BCUT2D eigenvalue weighted by Gasteiger charge is -2.35. The summed E-state index contributed by atoms with van der Waals surface area (Å²) in [5.74, 6) is 1.25. The summed E-state index contributed by atoms with van der Waals surface area (Å²) in [6, 6.07) is 13.8. The van der Waals surface area contributed by atoms with Gasteiger partial charge in [0.05, 0.1) is 11.8 Å². The topological polar surface area (TPSA) is 56.6 Å². The number of rotatable bonds is 2. The Labute approximate surface area is 163 Å². The van der Waals surface area contributed by atoms with Crippen LogP contribution < -0.4 is 9.47 Å². The van der Waals surface area contributed by atoms with Gasteiger partial charge in [-0.2, -0.15) is 5.10 Å². The minimum Gasteiger partial charge on any atom is -0.486 e. The number of aromatic nitrogens is 2. The van der Waals surface area contributed by atoms with E-state index in [9.17, 15) is 4.79 Å². The molecule has 142 valence electrons. The first kappa shape index (κ1) is 16.9. The molecular formula is C22H21N3O3. The fraction of sp³-hybridized carbons (Fsp3) is 0.273. The normalized spacial score (nSPS) is 17.9. The molecule has 6 heteroatoms. The quantitative estimate of drug-likeness (QED) is 0.691. The number of amides is 1. The van der Waals surface area contributed by atoms with Gasteiger partial charge in [0.25, 0.3) is 5.91 Å². The van der Waals surface area contributed by atoms with E-state index < -0.39 is 0 Å². The Morgan fingerprint density at radius 3 is 2.82 bits per heavy atom. The van der Waals surface area contributed by atoms with Crippen LogP contribution in [-0.4, -0.2) is 40.3 Å². The van der Waals surface area contributed by atoms with Crippen molar-refractivity contribution in [1.82, 2.24) is 14.7 Å². The first-order valence-corrected chi connectivity index (χ1v) is 9.45. The third-order valence-electron chi connectivity index (χ3n) is 5.41. The average molecular weight is 375 g/mol. The van der Waals surface area contributed by atoms with Crippen LogP contribution in [0.3, 0.4) is 0 Å². The lowest BCUT2D eigenvalue weighted by Crippen LogP contribution is -2.39. The van der Waals surface area contributed by atoms with Crippen molar-refractivity contribution < 1.29 is 14.3 Å². The van der Waals surface area contributed by atoms with Crippen LogP contribution in [0.25, 0.3) is 0 Å². The van der Waals surface area contributed by atoms with E-state index in [0.29, 0.717) is 43.4 Å². The number of fused-ring (bicyclic) bond motifs is 2. The van der Waals surface area contributed by atoms with Crippen molar-refractivity contribution in [2.24, 2.45) is 7.05 Å². The van der Waals surface area contributed by atoms with Gasteiger partial charge in [-0.3, -0.25) is 9.48 Å². The summed E-state index contributed by atoms with van der Waals surface area (Å²) in [6.07, 6.45) is 3.91. The van der Waals surface area contributed by atoms with Crippen LogP contribution in [-0.2, 0) is 13.6 Å². The fourth-order valence-electron chi connectivity index (χ4n) is 4.08. The summed E-state index contributed by atoms with van der Waals surface area (Å²) >= 11 is 0. The minimum absolute atomic E-state index is 0.0363. The lowest BCUT2D eigenvalue weighted by molar-refractivity contribution is 0.0714. The zero-order chi connectivity index (χ0) is 19.1. The van der Waals surface area contributed by atoms with Crippen molar-refractivity contribution in [3.05, 3.63) is 77.1 Å². The molecule has 0 saturated heterocycles. The van der Waals surface area contributed by atoms with E-state index in [2.05, 4.69) is 23.3 Å². The van der Waals surface area contributed by atoms with Gasteiger partial charge in [-0.25, -0.2) is 0 Å². The van der Waals surface area contributed by atoms with E-state index in [4.69, 9.17) is 9.47 Å². The van der Waals surface area contributed by atoms with Crippen molar-refractivity contribution >= 4 is 5.91 Å². The van der Waals surface area contributed by atoms with Crippen LogP contribution in [0.1, 0.15) is 33.0 Å². The molecule has 0 N–H and O–H groups in total. The van der Waals surface area contributed by atoms with Crippen molar-refractivity contribution in [3.8, 4) is 11.5 Å². The Morgan fingerprint density at radius 1 is 1.11 bits per heavy atom. The van der Waals surface area contributed by atoms with Gasteiger partial charge in [-0.15, -0.1) is 0 Å². The molecule has 3 aromatic rings. The van der Waals surface area contributed by atoms with Gasteiger partial charge >= 0.3 is 0 Å². The van der Waals surface area contributed by atoms with E-state index in [1.54, 1.807) is 4.68 Å². The van der Waals surface area contributed by atoms with E-state index in [1.807, 2.05) is 48.6 Å². The Morgan fingerprint density at radius 2 is 1.96 bits per heavy atom. The third-order valence-corrected chi connectivity index (χ3v) is 5.41. The van der Waals surface area contributed by atoms with Crippen molar-refractivity contribution in [1.29, 1.82) is 0 Å². The predicted octanol–water partition coefficient (Wildman–Crippen LogP) is 2.98. The highest BCUT2D eigenvalue weighted by Crippen LogP contribution is 2.37. The molecule has 5 rings (SSSR count). The predicted molar refractivity (Wildman–Crippen MR) is 104 cm³/mol. The summed E-state index contributed by atoms with van der Waals surface area (Å²) < 4.78 is 13.2. The number of para-hydroxylation sites is 1. The monoisotopic (exact) mass is 375 g/mol. The highest BCUT2D eigenvalue weighted by Gasteiger charge is 2.32. The molecule has 1 amide bonds. The summed E-state index contributed by atoms with van der Waals surface area (Å²) in [5, 5.41) is 4.33. The third kappa shape index (κ3) is 2.81. The smallest absolute Gasteiger partial charge is 0.258 e. The zero-order valence-electron chi connectivity index (χ0n) is 15.7. The summed E-state index contributed by atoms with van der Waals surface area (Å²) in [6.45, 7) is 2.14. The van der Waals surface area contributed by atoms with Gasteiger partial charge < -0.3 is 14.4 Å². The Hall–Kier alpha value is -3.28. The molecule has 6 nitrogen and oxygen atoms in total. The van der Waals surface area contributed by atoms with Crippen LogP contribution in [0.4, 0.5) is 0 Å². The first-order valence-electron chi connectivity index (χ1n) is 9.45. The molecule has 0 radical (unpaired) electrons. The van der Waals surface area contributed by atoms with Crippen LogP contribution in [0.2, 0.25) is 0 Å². The summed E-state index contributed by atoms with van der Waals surface area (Å²) in [5.41, 5.74) is 4.09. The highest BCUT2D eigenvalue weighted by atomic mass is 16.6. The second-order valence-electron chi connectivity index (χ2n) is 7.21. The molecule has 3 heterocycles. The van der Waals surface area contributed by atoms with Gasteiger partial charge in [0.1, 0.15) is 13.2 Å². The van der Waals surface area contributed by atoms with E-state index in [0.717, 1.165) is 11.1 Å². The van der Waals surface area contributed by atoms with Gasteiger partial charge in [0.2, 0.25) is 0 Å². The molecule has 28 heavy (non-hydrogen) atoms. The number of nitrogens with zero attached hydrogens (tertiary/aromatic N) is 3. The van der Waals surface area contributed by atoms with E-state index in [1.165, 1.54) is 5.56 Å². The molecule has 2 aliphatic rings. The number of carbonyl (C=O) groups excluding carboxylic acids is 1. The molecule has 0 unspecified atom stereocenters. The van der Waals surface area contributed by atoms with Crippen molar-refractivity contribution in [3.63, 3.8) is 0 Å². The second-order valence-corrected chi connectivity index (χ2v) is 7.21. The lowest BCUT2D eigenvalue weighted by atomic mass is 9.86. The molecular weight excluding hydrogens is 354 g/mol. The number of hydrogen-bond donors (Lipinski definition) is 0. The fourth-order valence-corrected chi connectivity index (χ4v) is 4.08. The molecule has 0 fully saturated rings. The van der Waals surface area contributed by atoms with Gasteiger partial charge in [0, 0.05) is 32.3 Å². The average Bonchev–Trinajstić information content (AvgIpc) is 3.18. The van der Waals surface area contributed by atoms with E-state index >= 15 is 0 Å². The number of aryl methyl sites for hydroxylation is 1. The van der Waals surface area contributed by atoms with Crippen LogP contribution in [0, 0.1) is 0 Å². The van der Waals surface area contributed by atoms with Gasteiger partial charge in [-0.1, -0.05) is 30.3 Å².